The largest absolute Gasteiger partial charge is 0.371 e. The molecule has 0 radical (unpaired) electrons. The molecule has 3 aromatic heterocycles. The summed E-state index contributed by atoms with van der Waals surface area (Å²) >= 11 is 1.30. The molecule has 1 atom stereocenters. The molecule has 11 heteroatoms. The number of carbonyl (C=O) groups is 1. The van der Waals surface area contributed by atoms with Gasteiger partial charge in [-0.3, -0.25) is 9.48 Å². The minimum atomic E-state index is -3.71. The summed E-state index contributed by atoms with van der Waals surface area (Å²) in [6, 6.07) is 3.69. The summed E-state index contributed by atoms with van der Waals surface area (Å²) in [5.41, 5.74) is 0.697. The summed E-state index contributed by atoms with van der Waals surface area (Å²) in [5, 5.41) is 4.78. The van der Waals surface area contributed by atoms with E-state index in [1.54, 1.807) is 33.4 Å². The van der Waals surface area contributed by atoms with Crippen molar-refractivity contribution < 1.29 is 17.9 Å². The number of ether oxygens (including phenoxy) is 1. The highest BCUT2D eigenvalue weighted by Gasteiger charge is 2.36. The van der Waals surface area contributed by atoms with Gasteiger partial charge in [-0.2, -0.15) is 9.40 Å². The van der Waals surface area contributed by atoms with Crippen LogP contribution < -0.4 is 0 Å². The first-order chi connectivity index (χ1) is 13.8. The number of aromatic nitrogens is 3. The quantitative estimate of drug-likeness (QED) is 0.616. The lowest BCUT2D eigenvalue weighted by atomic mass is 10.0. The van der Waals surface area contributed by atoms with Crippen LogP contribution in [0.2, 0.25) is 0 Å². The van der Waals surface area contributed by atoms with Crippen LogP contribution >= 0.6 is 11.3 Å². The number of hydrogen-bond acceptors (Lipinski definition) is 7. The van der Waals surface area contributed by atoms with E-state index in [4.69, 9.17) is 4.74 Å². The number of pyridine rings is 1. The molecule has 3 aromatic rings. The number of carbonyl (C=O) groups excluding carboxylic acids is 1. The van der Waals surface area contributed by atoms with Gasteiger partial charge in [-0.25, -0.2) is 13.4 Å². The number of thiophene rings is 1. The molecule has 0 saturated carbocycles. The Hall–Kier alpha value is -2.34. The van der Waals surface area contributed by atoms with Crippen LogP contribution in [0, 0.1) is 0 Å². The van der Waals surface area contributed by atoms with Crippen molar-refractivity contribution in [3.05, 3.63) is 41.2 Å². The average molecular weight is 436 g/mol. The molecule has 9 nitrogen and oxygen atoms in total. The number of hydrogen-bond donors (Lipinski definition) is 0. The number of aryl methyl sites for hydroxylation is 1. The molecule has 0 N–H and O–H groups in total. The van der Waals surface area contributed by atoms with Crippen LogP contribution in [0.4, 0.5) is 0 Å². The third-order valence-electron chi connectivity index (χ3n) is 4.78. The maximum Gasteiger partial charge on any atom is 0.263 e. The predicted molar refractivity (Wildman–Crippen MR) is 108 cm³/mol. The van der Waals surface area contributed by atoms with E-state index in [0.717, 1.165) is 10.2 Å². The van der Waals surface area contributed by atoms with Crippen molar-refractivity contribution in [1.29, 1.82) is 0 Å². The van der Waals surface area contributed by atoms with E-state index >= 15 is 0 Å². The zero-order valence-electron chi connectivity index (χ0n) is 16.3. The molecule has 154 valence electrons. The smallest absolute Gasteiger partial charge is 0.263 e. The van der Waals surface area contributed by atoms with E-state index in [0.29, 0.717) is 10.4 Å². The number of fused-ring (bicyclic) bond motifs is 1. The van der Waals surface area contributed by atoms with Crippen LogP contribution in [0.5, 0.6) is 0 Å². The minimum absolute atomic E-state index is 0.117. The van der Waals surface area contributed by atoms with E-state index < -0.39 is 16.1 Å². The fraction of sp³-hybridized carbons (Fsp3) is 0.389. The van der Waals surface area contributed by atoms with Gasteiger partial charge in [0.2, 0.25) is 10.0 Å². The standard InChI is InChI=1S/C18H21N5O4S2/c1-21(2)18(24)16-15(13-5-4-6-19-17(13)28-16)14-11-23(7-8-27-14)29(25,26)12-9-20-22(3)10-12/h4-6,9-10,14H,7-8,11H2,1-3H3/t14-/m0/s1. The van der Waals surface area contributed by atoms with Gasteiger partial charge >= 0.3 is 0 Å². The van der Waals surface area contributed by atoms with E-state index in [-0.39, 0.29) is 30.5 Å². The Morgan fingerprint density at radius 2 is 2.17 bits per heavy atom. The second kappa shape index (κ2) is 7.48. The van der Waals surface area contributed by atoms with E-state index in [9.17, 15) is 13.2 Å². The Balaban J connectivity index is 1.74. The molecule has 1 amide bonds. The number of rotatable bonds is 4. The summed E-state index contributed by atoms with van der Waals surface area (Å²) in [6.45, 7) is 0.591. The highest BCUT2D eigenvalue weighted by Crippen LogP contribution is 2.38. The van der Waals surface area contributed by atoms with E-state index in [1.165, 1.54) is 37.6 Å². The molecule has 0 spiro atoms. The Bertz CT molecular complexity index is 1170. The maximum atomic E-state index is 13.0. The van der Waals surface area contributed by atoms with Crippen LogP contribution in [-0.4, -0.2) is 72.1 Å². The van der Waals surface area contributed by atoms with Crippen molar-refractivity contribution in [3.63, 3.8) is 0 Å². The summed E-state index contributed by atoms with van der Waals surface area (Å²) in [6.07, 6.45) is 3.93. The van der Waals surface area contributed by atoms with Gasteiger partial charge in [0, 0.05) is 57.6 Å². The van der Waals surface area contributed by atoms with Gasteiger partial charge in [-0.15, -0.1) is 11.3 Å². The van der Waals surface area contributed by atoms with Crippen molar-refractivity contribution in [2.24, 2.45) is 7.05 Å². The molecule has 0 bridgehead atoms. The van der Waals surface area contributed by atoms with Crippen LogP contribution in [-0.2, 0) is 21.8 Å². The van der Waals surface area contributed by atoms with Crippen molar-refractivity contribution in [1.82, 2.24) is 24.0 Å². The van der Waals surface area contributed by atoms with Gasteiger partial charge in [0.15, 0.2) is 0 Å². The van der Waals surface area contributed by atoms with Crippen molar-refractivity contribution >= 4 is 37.5 Å². The first-order valence-corrected chi connectivity index (χ1v) is 11.2. The predicted octanol–water partition coefficient (Wildman–Crippen LogP) is 1.49. The summed E-state index contributed by atoms with van der Waals surface area (Å²) in [5.74, 6) is -0.154. The maximum absolute atomic E-state index is 13.0. The summed E-state index contributed by atoms with van der Waals surface area (Å²) < 4.78 is 34.9. The van der Waals surface area contributed by atoms with Crippen LogP contribution in [0.15, 0.2) is 35.6 Å². The minimum Gasteiger partial charge on any atom is -0.371 e. The van der Waals surface area contributed by atoms with E-state index in [1.807, 2.05) is 6.07 Å². The van der Waals surface area contributed by atoms with Gasteiger partial charge in [0.05, 0.1) is 18.9 Å². The molecule has 0 aromatic carbocycles. The molecule has 1 aliphatic rings. The molecule has 4 heterocycles. The summed E-state index contributed by atoms with van der Waals surface area (Å²) in [4.78, 5) is 20.0. The van der Waals surface area contributed by atoms with Crippen molar-refractivity contribution in [2.75, 3.05) is 33.8 Å². The molecule has 1 fully saturated rings. The van der Waals surface area contributed by atoms with E-state index in [2.05, 4.69) is 10.1 Å². The highest BCUT2D eigenvalue weighted by molar-refractivity contribution is 7.89. The Labute approximate surface area is 172 Å². The normalized spacial score (nSPS) is 18.2. The lowest BCUT2D eigenvalue weighted by Crippen LogP contribution is -2.42. The third kappa shape index (κ3) is 3.54. The molecule has 0 aliphatic carbocycles. The zero-order chi connectivity index (χ0) is 20.8. The molecule has 1 saturated heterocycles. The molecule has 0 unspecified atom stereocenters. The Kier molecular flexibility index (Phi) is 5.15. The first kappa shape index (κ1) is 20.0. The Morgan fingerprint density at radius 1 is 1.38 bits per heavy atom. The monoisotopic (exact) mass is 435 g/mol. The fourth-order valence-electron chi connectivity index (χ4n) is 3.33. The number of nitrogens with zero attached hydrogens (tertiary/aromatic N) is 5. The third-order valence-corrected chi connectivity index (χ3v) is 7.71. The molecule has 4 rings (SSSR count). The summed E-state index contributed by atoms with van der Waals surface area (Å²) in [7, 11) is 1.34. The van der Waals surface area contributed by atoms with Crippen LogP contribution in [0.3, 0.4) is 0 Å². The van der Waals surface area contributed by atoms with Gasteiger partial charge < -0.3 is 9.64 Å². The van der Waals surface area contributed by atoms with Gasteiger partial charge in [-0.1, -0.05) is 6.07 Å². The zero-order valence-corrected chi connectivity index (χ0v) is 17.9. The fourth-order valence-corrected chi connectivity index (χ4v) is 5.96. The topological polar surface area (TPSA) is 97.6 Å². The number of amides is 1. The van der Waals surface area contributed by atoms with Crippen LogP contribution in [0.1, 0.15) is 21.3 Å². The van der Waals surface area contributed by atoms with Crippen molar-refractivity contribution in [2.45, 2.75) is 11.0 Å². The van der Waals surface area contributed by atoms with Crippen LogP contribution in [0.25, 0.3) is 10.2 Å². The lowest BCUT2D eigenvalue weighted by molar-refractivity contribution is -0.00203. The second-order valence-corrected chi connectivity index (χ2v) is 9.91. The van der Waals surface area contributed by atoms with Gasteiger partial charge in [0.25, 0.3) is 5.91 Å². The molecular weight excluding hydrogens is 414 g/mol. The molecule has 29 heavy (non-hydrogen) atoms. The van der Waals surface area contributed by atoms with Crippen molar-refractivity contribution in [3.8, 4) is 0 Å². The molecule has 1 aliphatic heterocycles. The highest BCUT2D eigenvalue weighted by atomic mass is 32.2. The Morgan fingerprint density at radius 3 is 2.86 bits per heavy atom. The lowest BCUT2D eigenvalue weighted by Gasteiger charge is -2.32. The SMILES string of the molecule is CN(C)C(=O)c1sc2ncccc2c1[C@@H]1CN(S(=O)(=O)c2cnn(C)c2)CCO1. The second-order valence-electron chi connectivity index (χ2n) is 6.97. The number of sulfonamides is 1. The number of morpholine rings is 1. The molecular formula is C18H21N5O4S2. The average Bonchev–Trinajstić information content (AvgIpc) is 3.31. The van der Waals surface area contributed by atoms with Gasteiger partial charge in [-0.05, 0) is 6.07 Å². The van der Waals surface area contributed by atoms with Gasteiger partial charge in [0.1, 0.15) is 14.6 Å². The first-order valence-electron chi connectivity index (χ1n) is 8.98.